The Balaban J connectivity index is 2.04. The van der Waals surface area contributed by atoms with E-state index in [0.29, 0.717) is 6.04 Å². The van der Waals surface area contributed by atoms with Crippen LogP contribution >= 0.6 is 0 Å². The molecule has 1 rings (SSSR count). The van der Waals surface area contributed by atoms with E-state index in [1.165, 1.54) is 0 Å². The Morgan fingerprint density at radius 3 is 2.79 bits per heavy atom. The monoisotopic (exact) mass is 197 g/mol. The van der Waals surface area contributed by atoms with Gasteiger partial charge >= 0.3 is 0 Å². The molecule has 0 amide bonds. The van der Waals surface area contributed by atoms with E-state index < -0.39 is 0 Å². The first-order valence-corrected chi connectivity index (χ1v) is 5.05. The Kier molecular flexibility index (Phi) is 4.62. The lowest BCUT2D eigenvalue weighted by Crippen LogP contribution is -2.31. The van der Waals surface area contributed by atoms with Crippen LogP contribution in [0, 0.1) is 6.92 Å². The smallest absolute Gasteiger partial charge is 0.150 e. The summed E-state index contributed by atoms with van der Waals surface area (Å²) in [4.78, 5) is 0. The third-order valence-corrected chi connectivity index (χ3v) is 1.83. The number of rotatable bonds is 6. The average molecular weight is 197 g/mol. The van der Waals surface area contributed by atoms with Gasteiger partial charge in [0.2, 0.25) is 0 Å². The minimum Gasteiger partial charge on any atom is -0.360 e. The maximum Gasteiger partial charge on any atom is 0.150 e. The second-order valence-electron chi connectivity index (χ2n) is 3.72. The van der Waals surface area contributed by atoms with E-state index in [-0.39, 0.29) is 0 Å². The third-order valence-electron chi connectivity index (χ3n) is 1.83. The number of nitrogens with one attached hydrogen (secondary N) is 2. The van der Waals surface area contributed by atoms with Crippen molar-refractivity contribution in [3.05, 3.63) is 17.5 Å². The highest BCUT2D eigenvalue weighted by atomic mass is 16.5. The third kappa shape index (κ3) is 4.39. The predicted octanol–water partition coefficient (Wildman–Crippen LogP) is 1.07. The molecule has 0 aliphatic carbocycles. The topological polar surface area (TPSA) is 50.1 Å². The number of aryl methyl sites for hydroxylation is 1. The van der Waals surface area contributed by atoms with E-state index in [1.807, 2.05) is 13.0 Å². The van der Waals surface area contributed by atoms with Crippen molar-refractivity contribution in [1.82, 2.24) is 15.8 Å². The molecule has 14 heavy (non-hydrogen) atoms. The van der Waals surface area contributed by atoms with Crippen LogP contribution in [0.25, 0.3) is 0 Å². The summed E-state index contributed by atoms with van der Waals surface area (Å²) in [6.07, 6.45) is 0. The summed E-state index contributed by atoms with van der Waals surface area (Å²) in [6.45, 7) is 8.87. The fourth-order valence-corrected chi connectivity index (χ4v) is 1.16. The van der Waals surface area contributed by atoms with E-state index in [9.17, 15) is 0 Å². The van der Waals surface area contributed by atoms with Crippen LogP contribution < -0.4 is 10.6 Å². The number of hydrogen-bond donors (Lipinski definition) is 2. The minimum absolute atomic E-state index is 0.546. The molecule has 0 spiro atoms. The lowest BCUT2D eigenvalue weighted by molar-refractivity contribution is 0.369. The minimum atomic E-state index is 0.546. The first-order chi connectivity index (χ1) is 6.68. The normalized spacial score (nSPS) is 11.1. The van der Waals surface area contributed by atoms with Crippen LogP contribution in [0.2, 0.25) is 0 Å². The van der Waals surface area contributed by atoms with Gasteiger partial charge in [0, 0.05) is 25.2 Å². The van der Waals surface area contributed by atoms with Crippen molar-refractivity contribution in [2.24, 2.45) is 0 Å². The van der Waals surface area contributed by atoms with E-state index >= 15 is 0 Å². The van der Waals surface area contributed by atoms with Crippen LogP contribution in [0.3, 0.4) is 0 Å². The molecular weight excluding hydrogens is 178 g/mol. The standard InChI is InChI=1S/C10H19N3O/c1-8(2)12-5-4-11-7-10-6-9(3)13-14-10/h6,8,11-12H,4-5,7H2,1-3H3. The quantitative estimate of drug-likeness (QED) is 0.670. The second kappa shape index (κ2) is 5.78. The molecule has 1 aromatic heterocycles. The van der Waals surface area contributed by atoms with Gasteiger partial charge in [0.15, 0.2) is 5.76 Å². The highest BCUT2D eigenvalue weighted by Crippen LogP contribution is 2.00. The van der Waals surface area contributed by atoms with Gasteiger partial charge in [0.25, 0.3) is 0 Å². The number of hydrogen-bond acceptors (Lipinski definition) is 4. The van der Waals surface area contributed by atoms with Crippen molar-refractivity contribution in [3.8, 4) is 0 Å². The van der Waals surface area contributed by atoms with Gasteiger partial charge in [-0.05, 0) is 6.92 Å². The van der Waals surface area contributed by atoms with E-state index in [0.717, 1.165) is 31.1 Å². The molecule has 1 aromatic rings. The first-order valence-electron chi connectivity index (χ1n) is 5.05. The summed E-state index contributed by atoms with van der Waals surface area (Å²) >= 11 is 0. The Hall–Kier alpha value is -0.870. The molecule has 80 valence electrons. The van der Waals surface area contributed by atoms with Crippen molar-refractivity contribution in [2.45, 2.75) is 33.4 Å². The molecule has 0 unspecified atom stereocenters. The molecule has 0 atom stereocenters. The lowest BCUT2D eigenvalue weighted by Gasteiger charge is -2.07. The van der Waals surface area contributed by atoms with Crippen LogP contribution in [-0.4, -0.2) is 24.3 Å². The molecule has 4 nitrogen and oxygen atoms in total. The summed E-state index contributed by atoms with van der Waals surface area (Å²) in [5.41, 5.74) is 0.933. The summed E-state index contributed by atoms with van der Waals surface area (Å²) in [5, 5.41) is 10.4. The summed E-state index contributed by atoms with van der Waals surface area (Å²) in [5.74, 6) is 0.895. The molecule has 0 fully saturated rings. The fourth-order valence-electron chi connectivity index (χ4n) is 1.16. The summed E-state index contributed by atoms with van der Waals surface area (Å²) in [7, 11) is 0. The van der Waals surface area contributed by atoms with Crippen LogP contribution in [-0.2, 0) is 6.54 Å². The van der Waals surface area contributed by atoms with Gasteiger partial charge in [-0.2, -0.15) is 0 Å². The average Bonchev–Trinajstić information content (AvgIpc) is 2.50. The van der Waals surface area contributed by atoms with Crippen molar-refractivity contribution < 1.29 is 4.52 Å². The zero-order valence-corrected chi connectivity index (χ0v) is 9.13. The first kappa shape index (κ1) is 11.2. The predicted molar refractivity (Wildman–Crippen MR) is 56.1 cm³/mol. The van der Waals surface area contributed by atoms with Crippen molar-refractivity contribution in [3.63, 3.8) is 0 Å². The van der Waals surface area contributed by atoms with Crippen molar-refractivity contribution in [2.75, 3.05) is 13.1 Å². The van der Waals surface area contributed by atoms with Crippen LogP contribution in [0.15, 0.2) is 10.6 Å². The zero-order valence-electron chi connectivity index (χ0n) is 9.13. The van der Waals surface area contributed by atoms with E-state index in [2.05, 4.69) is 29.6 Å². The lowest BCUT2D eigenvalue weighted by atomic mass is 10.4. The molecule has 1 heterocycles. The molecule has 0 saturated carbocycles. The SMILES string of the molecule is Cc1cc(CNCCNC(C)C)on1. The number of nitrogens with zero attached hydrogens (tertiary/aromatic N) is 1. The molecule has 4 heteroatoms. The van der Waals surface area contributed by atoms with Gasteiger partial charge in [0.05, 0.1) is 12.2 Å². The molecule has 0 aromatic carbocycles. The van der Waals surface area contributed by atoms with Gasteiger partial charge in [0.1, 0.15) is 0 Å². The highest BCUT2D eigenvalue weighted by Gasteiger charge is 1.98. The maximum absolute atomic E-state index is 5.06. The zero-order chi connectivity index (χ0) is 10.4. The molecule has 0 aliphatic heterocycles. The van der Waals surface area contributed by atoms with Gasteiger partial charge in [-0.1, -0.05) is 19.0 Å². The van der Waals surface area contributed by atoms with E-state index in [4.69, 9.17) is 4.52 Å². The van der Waals surface area contributed by atoms with Gasteiger partial charge < -0.3 is 15.2 Å². The Labute approximate surface area is 85.1 Å². The Bertz CT molecular complexity index is 258. The van der Waals surface area contributed by atoms with Crippen LogP contribution in [0.5, 0.6) is 0 Å². The summed E-state index contributed by atoms with van der Waals surface area (Å²) in [6, 6.07) is 2.49. The molecular formula is C10H19N3O. The van der Waals surface area contributed by atoms with Crippen LogP contribution in [0.1, 0.15) is 25.3 Å². The van der Waals surface area contributed by atoms with Crippen molar-refractivity contribution >= 4 is 0 Å². The molecule has 0 saturated heterocycles. The highest BCUT2D eigenvalue weighted by molar-refractivity contribution is 5.02. The molecule has 2 N–H and O–H groups in total. The number of aromatic nitrogens is 1. The second-order valence-corrected chi connectivity index (χ2v) is 3.72. The largest absolute Gasteiger partial charge is 0.360 e. The van der Waals surface area contributed by atoms with Gasteiger partial charge in [-0.25, -0.2) is 0 Å². The van der Waals surface area contributed by atoms with Gasteiger partial charge in [-0.15, -0.1) is 0 Å². The van der Waals surface area contributed by atoms with Crippen molar-refractivity contribution in [1.29, 1.82) is 0 Å². The van der Waals surface area contributed by atoms with Gasteiger partial charge in [-0.3, -0.25) is 0 Å². The van der Waals surface area contributed by atoms with Crippen LogP contribution in [0.4, 0.5) is 0 Å². The molecule has 0 bridgehead atoms. The molecule has 0 radical (unpaired) electrons. The fraction of sp³-hybridized carbons (Fsp3) is 0.700. The maximum atomic E-state index is 5.06. The molecule has 0 aliphatic rings. The Morgan fingerprint density at radius 1 is 1.43 bits per heavy atom. The summed E-state index contributed by atoms with van der Waals surface area (Å²) < 4.78 is 5.06. The Morgan fingerprint density at radius 2 is 2.21 bits per heavy atom. The van der Waals surface area contributed by atoms with E-state index in [1.54, 1.807) is 0 Å².